The summed E-state index contributed by atoms with van der Waals surface area (Å²) in [5.74, 6) is 0.563. The molecule has 0 aliphatic carbocycles. The fourth-order valence-corrected chi connectivity index (χ4v) is 3.13. The van der Waals surface area contributed by atoms with Gasteiger partial charge in [-0.05, 0) is 39.0 Å². The number of nitrogens with zero attached hydrogens (tertiary/aromatic N) is 4. The zero-order valence-corrected chi connectivity index (χ0v) is 17.3. The third-order valence-corrected chi connectivity index (χ3v) is 4.59. The minimum Gasteiger partial charge on any atom is -0.439 e. The van der Waals surface area contributed by atoms with E-state index in [0.29, 0.717) is 42.2 Å². The van der Waals surface area contributed by atoms with Crippen LogP contribution in [0.25, 0.3) is 11.1 Å². The minimum atomic E-state index is -0.237. The number of rotatable bonds is 3. The monoisotopic (exact) mass is 387 g/mol. The molecule has 0 saturated carbocycles. The predicted octanol–water partition coefficient (Wildman–Crippen LogP) is 2.16. The number of hydrogen-bond donors (Lipinski definition) is 1. The molecule has 2 aromatic rings. The van der Waals surface area contributed by atoms with Gasteiger partial charge in [-0.3, -0.25) is 9.69 Å². The quantitative estimate of drug-likeness (QED) is 0.873. The van der Waals surface area contributed by atoms with Crippen molar-refractivity contribution in [3.05, 3.63) is 29.7 Å². The van der Waals surface area contributed by atoms with E-state index in [0.717, 1.165) is 13.1 Å². The lowest BCUT2D eigenvalue weighted by atomic mass is 10.1. The van der Waals surface area contributed by atoms with E-state index >= 15 is 0 Å². The molecule has 0 atom stereocenters. The van der Waals surface area contributed by atoms with Gasteiger partial charge in [0.2, 0.25) is 5.89 Å². The summed E-state index contributed by atoms with van der Waals surface area (Å²) in [4.78, 5) is 34.5. The molecule has 2 heterocycles. The number of benzene rings is 1. The van der Waals surface area contributed by atoms with Crippen LogP contribution < -0.4 is 5.32 Å². The maximum atomic E-state index is 12.3. The van der Waals surface area contributed by atoms with Crippen LogP contribution in [-0.4, -0.2) is 77.4 Å². The van der Waals surface area contributed by atoms with Crippen molar-refractivity contribution < 1.29 is 14.0 Å². The first-order chi connectivity index (χ1) is 13.1. The maximum Gasteiger partial charge on any atom is 0.317 e. The van der Waals surface area contributed by atoms with Gasteiger partial charge >= 0.3 is 6.03 Å². The molecule has 152 valence electrons. The molecule has 1 saturated heterocycles. The van der Waals surface area contributed by atoms with E-state index in [2.05, 4.69) is 15.2 Å². The molecular weight excluding hydrogens is 358 g/mol. The highest BCUT2D eigenvalue weighted by Crippen LogP contribution is 2.19. The van der Waals surface area contributed by atoms with Crippen molar-refractivity contribution in [2.75, 3.05) is 40.3 Å². The zero-order chi connectivity index (χ0) is 20.5. The number of carbonyl (C=O) groups excluding carboxylic acids is 2. The second-order valence-corrected chi connectivity index (χ2v) is 8.43. The second-order valence-electron chi connectivity index (χ2n) is 8.43. The summed E-state index contributed by atoms with van der Waals surface area (Å²) in [6.45, 7) is 9.39. The van der Waals surface area contributed by atoms with Gasteiger partial charge in [0.25, 0.3) is 5.91 Å². The molecule has 28 heavy (non-hydrogen) atoms. The van der Waals surface area contributed by atoms with Crippen molar-refractivity contribution in [2.45, 2.75) is 32.9 Å². The van der Waals surface area contributed by atoms with Crippen molar-refractivity contribution in [3.8, 4) is 0 Å². The Kier molecular flexibility index (Phi) is 5.60. The van der Waals surface area contributed by atoms with Crippen LogP contribution in [0.5, 0.6) is 0 Å². The highest BCUT2D eigenvalue weighted by Gasteiger charge is 2.25. The molecule has 1 aliphatic heterocycles. The number of piperazine rings is 1. The van der Waals surface area contributed by atoms with Crippen LogP contribution in [-0.2, 0) is 6.54 Å². The average Bonchev–Trinajstić information content (AvgIpc) is 3.01. The standard InChI is InChI=1S/C20H29N5O3/c1-20(2,3)22-19(27)25-10-8-24(9-11-25)13-17-21-15-12-14(18(26)23(4)5)6-7-16(15)28-17/h6-7,12H,8-11,13H2,1-5H3,(H,22,27). The van der Waals surface area contributed by atoms with E-state index in [4.69, 9.17) is 4.42 Å². The van der Waals surface area contributed by atoms with Crippen LogP contribution in [0.1, 0.15) is 37.0 Å². The van der Waals surface area contributed by atoms with Gasteiger partial charge in [0.15, 0.2) is 5.58 Å². The number of oxazole rings is 1. The number of urea groups is 1. The number of hydrogen-bond acceptors (Lipinski definition) is 5. The Labute approximate surface area is 165 Å². The molecule has 1 aromatic carbocycles. The number of carbonyl (C=O) groups is 2. The van der Waals surface area contributed by atoms with Crippen LogP contribution >= 0.6 is 0 Å². The van der Waals surface area contributed by atoms with Gasteiger partial charge in [-0.2, -0.15) is 0 Å². The normalized spacial score (nSPS) is 15.7. The molecule has 1 aliphatic rings. The molecule has 3 amide bonds. The highest BCUT2D eigenvalue weighted by atomic mass is 16.3. The van der Waals surface area contributed by atoms with Gasteiger partial charge in [-0.1, -0.05) is 0 Å². The first-order valence-corrected chi connectivity index (χ1v) is 9.53. The van der Waals surface area contributed by atoms with E-state index in [9.17, 15) is 9.59 Å². The van der Waals surface area contributed by atoms with Gasteiger partial charge in [0.05, 0.1) is 6.54 Å². The van der Waals surface area contributed by atoms with Crippen LogP contribution in [0, 0.1) is 0 Å². The second kappa shape index (κ2) is 7.79. The smallest absolute Gasteiger partial charge is 0.317 e. The van der Waals surface area contributed by atoms with E-state index in [1.165, 1.54) is 4.90 Å². The van der Waals surface area contributed by atoms with Gasteiger partial charge in [0, 0.05) is 51.4 Å². The van der Waals surface area contributed by atoms with Gasteiger partial charge < -0.3 is 19.5 Å². The largest absolute Gasteiger partial charge is 0.439 e. The van der Waals surface area contributed by atoms with Crippen molar-refractivity contribution in [2.24, 2.45) is 0 Å². The predicted molar refractivity (Wildman–Crippen MR) is 107 cm³/mol. The third-order valence-electron chi connectivity index (χ3n) is 4.59. The molecular formula is C20H29N5O3. The summed E-state index contributed by atoms with van der Waals surface area (Å²) >= 11 is 0. The fraction of sp³-hybridized carbons (Fsp3) is 0.550. The van der Waals surface area contributed by atoms with E-state index < -0.39 is 0 Å². The number of nitrogens with one attached hydrogen (secondary N) is 1. The number of aromatic nitrogens is 1. The lowest BCUT2D eigenvalue weighted by Gasteiger charge is -2.35. The molecule has 0 bridgehead atoms. The molecule has 0 unspecified atom stereocenters. The van der Waals surface area contributed by atoms with E-state index in [1.807, 2.05) is 25.7 Å². The van der Waals surface area contributed by atoms with E-state index in [1.54, 1.807) is 32.3 Å². The van der Waals surface area contributed by atoms with Crippen molar-refractivity contribution in [1.29, 1.82) is 0 Å². The van der Waals surface area contributed by atoms with Crippen molar-refractivity contribution >= 4 is 23.0 Å². The Hall–Kier alpha value is -2.61. The number of fused-ring (bicyclic) bond motifs is 1. The minimum absolute atomic E-state index is 0.0212. The molecule has 3 rings (SSSR count). The Balaban J connectivity index is 1.60. The lowest BCUT2D eigenvalue weighted by Crippen LogP contribution is -2.54. The molecule has 1 N–H and O–H groups in total. The summed E-state index contributed by atoms with van der Waals surface area (Å²) in [6, 6.07) is 5.29. The molecule has 0 radical (unpaired) electrons. The average molecular weight is 387 g/mol. The molecule has 0 spiro atoms. The van der Waals surface area contributed by atoms with E-state index in [-0.39, 0.29) is 17.5 Å². The summed E-state index contributed by atoms with van der Waals surface area (Å²) in [5, 5.41) is 3.00. The maximum absolute atomic E-state index is 12.3. The zero-order valence-electron chi connectivity index (χ0n) is 17.3. The van der Waals surface area contributed by atoms with Crippen LogP contribution in [0.3, 0.4) is 0 Å². The van der Waals surface area contributed by atoms with Crippen molar-refractivity contribution in [1.82, 2.24) is 25.0 Å². The Morgan fingerprint density at radius 2 is 1.86 bits per heavy atom. The Morgan fingerprint density at radius 3 is 2.46 bits per heavy atom. The highest BCUT2D eigenvalue weighted by molar-refractivity contribution is 5.96. The summed E-state index contributed by atoms with van der Waals surface area (Å²) in [6.07, 6.45) is 0. The first-order valence-electron chi connectivity index (χ1n) is 9.53. The summed E-state index contributed by atoms with van der Waals surface area (Å²) < 4.78 is 5.84. The van der Waals surface area contributed by atoms with Gasteiger partial charge in [-0.15, -0.1) is 0 Å². The summed E-state index contributed by atoms with van der Waals surface area (Å²) in [5.41, 5.74) is 1.72. The molecule has 1 fully saturated rings. The molecule has 1 aromatic heterocycles. The Morgan fingerprint density at radius 1 is 1.18 bits per heavy atom. The lowest BCUT2D eigenvalue weighted by molar-refractivity contribution is 0.0827. The fourth-order valence-electron chi connectivity index (χ4n) is 3.13. The van der Waals surface area contributed by atoms with Crippen LogP contribution in [0.15, 0.2) is 22.6 Å². The van der Waals surface area contributed by atoms with Gasteiger partial charge in [-0.25, -0.2) is 9.78 Å². The Bertz CT molecular complexity index is 860. The summed E-state index contributed by atoms with van der Waals surface area (Å²) in [7, 11) is 3.45. The van der Waals surface area contributed by atoms with Crippen LogP contribution in [0.4, 0.5) is 4.79 Å². The number of amides is 3. The van der Waals surface area contributed by atoms with Gasteiger partial charge in [0.1, 0.15) is 5.52 Å². The third kappa shape index (κ3) is 4.81. The molecule has 8 nitrogen and oxygen atoms in total. The molecule has 8 heteroatoms. The van der Waals surface area contributed by atoms with Crippen LogP contribution in [0.2, 0.25) is 0 Å². The SMILES string of the molecule is CN(C)C(=O)c1ccc2oc(CN3CCN(C(=O)NC(C)(C)C)CC3)nc2c1. The van der Waals surface area contributed by atoms with Crippen molar-refractivity contribution in [3.63, 3.8) is 0 Å². The first kappa shape index (κ1) is 20.1. The topological polar surface area (TPSA) is 81.9 Å².